The zero-order valence-electron chi connectivity index (χ0n) is 29.9. The van der Waals surface area contributed by atoms with Crippen LogP contribution in [0.3, 0.4) is 0 Å². The molecule has 3 aromatic carbocycles. The summed E-state index contributed by atoms with van der Waals surface area (Å²) in [5.41, 5.74) is 0.700. The summed E-state index contributed by atoms with van der Waals surface area (Å²) in [4.78, 5) is 69.0. The molecule has 4 heterocycles. The Morgan fingerprint density at radius 1 is 1.08 bits per heavy atom. The van der Waals surface area contributed by atoms with Crippen LogP contribution in [0.2, 0.25) is 18.6 Å². The average Bonchev–Trinajstić information content (AvgIpc) is 3.52. The second-order valence-corrected chi connectivity index (χ2v) is 18.7. The summed E-state index contributed by atoms with van der Waals surface area (Å²) in [6.45, 7) is 5.98. The Hall–Kier alpha value is -4.99. The number of carbonyl (C=O) groups excluding carboxylic acids is 4. The Morgan fingerprint density at radius 3 is 2.47 bits per heavy atom. The molecule has 15 heteroatoms. The minimum absolute atomic E-state index is 0.0222. The molecule has 13 nitrogen and oxygen atoms in total. The number of nitrogens with zero attached hydrogens (tertiary/aromatic N) is 4. The third-order valence-electron chi connectivity index (χ3n) is 11.2. The number of hydrogen-bond acceptors (Lipinski definition) is 9. The molecule has 4 aliphatic rings. The van der Waals surface area contributed by atoms with Crippen molar-refractivity contribution in [2.45, 2.75) is 88.8 Å². The third-order valence-corrected chi connectivity index (χ3v) is 13.6. The van der Waals surface area contributed by atoms with Gasteiger partial charge in [-0.15, -0.1) is 0 Å². The summed E-state index contributed by atoms with van der Waals surface area (Å²) < 4.78 is 28.5. The Morgan fingerprint density at radius 2 is 1.81 bits per heavy atom. The number of carbonyl (C=O) groups is 4. The largest absolute Gasteiger partial charge is 0.441 e. The molecule has 278 valence electrons. The number of ether oxygens (including phenoxy) is 2. The number of benzene rings is 3. The summed E-state index contributed by atoms with van der Waals surface area (Å²) in [5.74, 6) is -2.46. The Labute approximate surface area is 306 Å². The first kappa shape index (κ1) is 36.4. The van der Waals surface area contributed by atoms with Gasteiger partial charge in [-0.3, -0.25) is 34.2 Å². The van der Waals surface area contributed by atoms with Crippen LogP contribution in [-0.2, 0) is 53.8 Å². The third kappa shape index (κ3) is 6.19. The summed E-state index contributed by atoms with van der Waals surface area (Å²) in [5, 5.41) is 22.3. The SMILES string of the molecule is CC(=O)OC1CC(=O)N1c1cccc(CN2C(=O)[C@@]3(O[C@@H](CC(=O)N4Cc5ccccc5C[C@H]4CO)[C@H]([Si](C)(C)F)[C@H]3C)c3cc([N+](=O)[O-])ccc32)c1. The van der Waals surface area contributed by atoms with E-state index in [9.17, 15) is 34.4 Å². The van der Waals surface area contributed by atoms with Crippen LogP contribution < -0.4 is 9.80 Å². The number of rotatable bonds is 9. The number of esters is 1. The summed E-state index contributed by atoms with van der Waals surface area (Å²) in [6, 6.07) is 18.1. The van der Waals surface area contributed by atoms with Gasteiger partial charge in [0.25, 0.3) is 11.6 Å². The number of anilines is 2. The molecule has 0 saturated carbocycles. The highest BCUT2D eigenvalue weighted by molar-refractivity contribution is 6.72. The molecule has 2 fully saturated rings. The van der Waals surface area contributed by atoms with Crippen LogP contribution in [0.4, 0.5) is 21.2 Å². The van der Waals surface area contributed by atoms with Crippen molar-refractivity contribution in [1.29, 1.82) is 0 Å². The summed E-state index contributed by atoms with van der Waals surface area (Å²) in [6.07, 6.45) is -1.53. The average molecular weight is 745 g/mol. The number of fused-ring (bicyclic) bond motifs is 3. The van der Waals surface area contributed by atoms with E-state index in [1.807, 2.05) is 24.3 Å². The molecular formula is C38H41FN4O9Si. The molecule has 53 heavy (non-hydrogen) atoms. The van der Waals surface area contributed by atoms with Crippen LogP contribution in [0, 0.1) is 16.0 Å². The van der Waals surface area contributed by atoms with E-state index in [4.69, 9.17) is 9.47 Å². The highest BCUT2D eigenvalue weighted by atomic mass is 28.4. The van der Waals surface area contributed by atoms with E-state index in [0.29, 0.717) is 23.4 Å². The van der Waals surface area contributed by atoms with Gasteiger partial charge in [0.1, 0.15) is 0 Å². The van der Waals surface area contributed by atoms with Gasteiger partial charge in [0.15, 0.2) is 11.8 Å². The Balaban J connectivity index is 1.23. The van der Waals surface area contributed by atoms with Crippen molar-refractivity contribution in [1.82, 2.24) is 4.90 Å². The first-order valence-electron chi connectivity index (χ1n) is 17.7. The number of aliphatic hydroxyl groups is 1. The monoisotopic (exact) mass is 744 g/mol. The second kappa shape index (κ2) is 13.5. The van der Waals surface area contributed by atoms with Crippen molar-refractivity contribution >= 4 is 49.2 Å². The van der Waals surface area contributed by atoms with E-state index in [1.54, 1.807) is 36.1 Å². The van der Waals surface area contributed by atoms with Crippen molar-refractivity contribution in [3.63, 3.8) is 0 Å². The lowest BCUT2D eigenvalue weighted by Crippen LogP contribution is -2.54. The minimum atomic E-state index is -3.69. The normalized spacial score (nSPS) is 26.4. The van der Waals surface area contributed by atoms with Crippen LogP contribution in [0.1, 0.15) is 48.9 Å². The van der Waals surface area contributed by atoms with E-state index in [2.05, 4.69) is 0 Å². The number of nitro benzene ring substituents is 1. The zero-order valence-corrected chi connectivity index (χ0v) is 30.9. The first-order valence-corrected chi connectivity index (χ1v) is 20.6. The van der Waals surface area contributed by atoms with Gasteiger partial charge in [-0.2, -0.15) is 0 Å². The number of non-ortho nitro benzene ring substituents is 1. The Kier molecular flexibility index (Phi) is 9.23. The molecule has 2 saturated heterocycles. The molecule has 1 spiro atoms. The van der Waals surface area contributed by atoms with Crippen LogP contribution in [0.25, 0.3) is 0 Å². The van der Waals surface area contributed by atoms with Gasteiger partial charge in [-0.1, -0.05) is 43.3 Å². The molecule has 0 bridgehead atoms. The number of aliphatic hydroxyl groups excluding tert-OH is 1. The topological polar surface area (TPSA) is 160 Å². The van der Waals surface area contributed by atoms with Gasteiger partial charge < -0.3 is 28.5 Å². The fourth-order valence-electron chi connectivity index (χ4n) is 8.81. The van der Waals surface area contributed by atoms with Gasteiger partial charge in [-0.05, 0) is 54.4 Å². The standard InChI is InChI=1S/C38H41FN4O9Si/c1-22-36(53(3,4)39)32(17-33(46)40-20-26-10-6-5-9-25(26)15-29(40)21-44)52-38(22)30-16-28(43(49)50)12-13-31(30)41(37(38)48)19-24-8-7-11-27(14-24)42-34(47)18-35(42)51-23(2)45/h5-14,16,22,29,32,35-36,44H,15,17-21H2,1-4H3/t22-,29+,32+,35?,36-,38+/m1/s1. The molecule has 4 aliphatic heterocycles. The quantitative estimate of drug-likeness (QED) is 0.0805. The van der Waals surface area contributed by atoms with E-state index in [1.165, 1.54) is 48.0 Å². The van der Waals surface area contributed by atoms with Gasteiger partial charge in [0.05, 0.1) is 48.7 Å². The number of β-lactam (4-membered cyclic amide) rings is 1. The highest BCUT2D eigenvalue weighted by Crippen LogP contribution is 2.61. The molecule has 1 unspecified atom stereocenters. The number of nitro groups is 1. The van der Waals surface area contributed by atoms with E-state index < -0.39 is 60.6 Å². The smallest absolute Gasteiger partial charge is 0.304 e. The summed E-state index contributed by atoms with van der Waals surface area (Å²) in [7, 11) is -3.69. The molecule has 7 rings (SSSR count). The van der Waals surface area contributed by atoms with Gasteiger partial charge >= 0.3 is 5.97 Å². The first-order chi connectivity index (χ1) is 25.1. The molecule has 3 amide bonds. The van der Waals surface area contributed by atoms with Gasteiger partial charge in [0, 0.05) is 48.3 Å². The van der Waals surface area contributed by atoms with Gasteiger partial charge in [0.2, 0.25) is 20.2 Å². The predicted molar refractivity (Wildman–Crippen MR) is 193 cm³/mol. The van der Waals surface area contributed by atoms with E-state index in [-0.39, 0.29) is 55.6 Å². The maximum atomic E-state index is 16.5. The van der Waals surface area contributed by atoms with Gasteiger partial charge in [-0.25, -0.2) is 0 Å². The zero-order chi connectivity index (χ0) is 38.0. The van der Waals surface area contributed by atoms with Crippen molar-refractivity contribution in [2.75, 3.05) is 16.4 Å². The van der Waals surface area contributed by atoms with Crippen LogP contribution >= 0.6 is 0 Å². The molecule has 0 radical (unpaired) electrons. The van der Waals surface area contributed by atoms with Crippen molar-refractivity contribution in [3.05, 3.63) is 99.1 Å². The number of halogens is 1. The second-order valence-electron chi connectivity index (χ2n) is 14.9. The Bertz CT molecular complexity index is 2020. The maximum Gasteiger partial charge on any atom is 0.304 e. The minimum Gasteiger partial charge on any atom is -0.441 e. The fourth-order valence-corrected chi connectivity index (χ4v) is 11.3. The lowest BCUT2D eigenvalue weighted by atomic mass is 9.82. The molecule has 0 aliphatic carbocycles. The molecule has 3 aromatic rings. The molecule has 0 aromatic heterocycles. The number of amides is 3. The van der Waals surface area contributed by atoms with E-state index >= 15 is 4.11 Å². The van der Waals surface area contributed by atoms with Crippen molar-refractivity contribution in [2.24, 2.45) is 5.92 Å². The fraction of sp³-hybridized carbons (Fsp3) is 0.421. The van der Waals surface area contributed by atoms with Crippen LogP contribution in [0.5, 0.6) is 0 Å². The lowest BCUT2D eigenvalue weighted by Gasteiger charge is -2.39. The number of hydrogen-bond donors (Lipinski definition) is 1. The molecule has 1 N–H and O–H groups in total. The lowest BCUT2D eigenvalue weighted by molar-refractivity contribution is -0.385. The van der Waals surface area contributed by atoms with E-state index in [0.717, 1.165) is 11.1 Å². The predicted octanol–water partition coefficient (Wildman–Crippen LogP) is 4.88. The van der Waals surface area contributed by atoms with Crippen LogP contribution in [-0.4, -0.2) is 72.0 Å². The molecular weight excluding hydrogens is 704 g/mol. The van der Waals surface area contributed by atoms with Crippen LogP contribution in [0.15, 0.2) is 66.7 Å². The van der Waals surface area contributed by atoms with Crippen molar-refractivity contribution in [3.8, 4) is 0 Å². The molecule has 6 atom stereocenters. The van der Waals surface area contributed by atoms with Crippen molar-refractivity contribution < 1.29 is 42.8 Å². The maximum absolute atomic E-state index is 16.5. The highest BCUT2D eigenvalue weighted by Gasteiger charge is 2.67. The summed E-state index contributed by atoms with van der Waals surface area (Å²) >= 11 is 0.